The summed E-state index contributed by atoms with van der Waals surface area (Å²) < 4.78 is 5.61. The number of carbonyl (C=O) groups excluding carboxylic acids is 1. The Bertz CT molecular complexity index is 597. The van der Waals surface area contributed by atoms with Gasteiger partial charge in [0.25, 0.3) is 5.91 Å². The lowest BCUT2D eigenvalue weighted by atomic mass is 10.2. The molecule has 0 spiro atoms. The molecule has 0 aliphatic carbocycles. The van der Waals surface area contributed by atoms with Gasteiger partial charge in [-0.1, -0.05) is 29.3 Å². The van der Waals surface area contributed by atoms with Crippen LogP contribution in [0.2, 0.25) is 5.15 Å². The van der Waals surface area contributed by atoms with Crippen LogP contribution in [-0.4, -0.2) is 36.0 Å². The van der Waals surface area contributed by atoms with Gasteiger partial charge in [0.15, 0.2) is 0 Å². The minimum Gasteiger partial charge on any atom is -0.492 e. The average Bonchev–Trinajstić information content (AvgIpc) is 2.49. The number of aryl methyl sites for hydroxylation is 1. The van der Waals surface area contributed by atoms with Crippen LogP contribution in [0.4, 0.5) is 0 Å². The smallest absolute Gasteiger partial charge is 0.255 e. The Kier molecular flexibility index (Phi) is 5.17. The number of hydrogen-bond donors (Lipinski definition) is 0. The Morgan fingerprint density at radius 2 is 1.95 bits per heavy atom. The molecule has 2 aromatic rings. The molecule has 0 unspecified atom stereocenters. The minimum atomic E-state index is -0.105. The SMILES string of the molecule is Cc1ccc(OCCN(C)C(=O)c2ccc(Cl)nc2)cc1. The van der Waals surface area contributed by atoms with Gasteiger partial charge in [-0.3, -0.25) is 4.79 Å². The number of hydrogen-bond acceptors (Lipinski definition) is 3. The summed E-state index contributed by atoms with van der Waals surface area (Å²) in [4.78, 5) is 17.6. The van der Waals surface area contributed by atoms with Crippen molar-refractivity contribution in [2.24, 2.45) is 0 Å². The van der Waals surface area contributed by atoms with Crippen LogP contribution in [0, 0.1) is 6.92 Å². The first kappa shape index (κ1) is 15.3. The van der Waals surface area contributed by atoms with Crippen molar-refractivity contribution in [1.29, 1.82) is 0 Å². The number of rotatable bonds is 5. The third kappa shape index (κ3) is 4.46. The van der Waals surface area contributed by atoms with Gasteiger partial charge in [0.2, 0.25) is 0 Å². The molecule has 0 bridgehead atoms. The van der Waals surface area contributed by atoms with E-state index in [2.05, 4.69) is 4.98 Å². The van der Waals surface area contributed by atoms with Gasteiger partial charge >= 0.3 is 0 Å². The summed E-state index contributed by atoms with van der Waals surface area (Å²) in [5.74, 6) is 0.696. The molecule has 1 amide bonds. The van der Waals surface area contributed by atoms with E-state index >= 15 is 0 Å². The Hall–Kier alpha value is -2.07. The molecule has 0 saturated heterocycles. The molecular weight excluding hydrogens is 288 g/mol. The van der Waals surface area contributed by atoms with Crippen LogP contribution in [0.3, 0.4) is 0 Å². The molecule has 0 saturated carbocycles. The first-order valence-electron chi connectivity index (χ1n) is 6.63. The summed E-state index contributed by atoms with van der Waals surface area (Å²) in [5.41, 5.74) is 1.70. The number of amides is 1. The van der Waals surface area contributed by atoms with E-state index in [1.807, 2.05) is 31.2 Å². The van der Waals surface area contributed by atoms with Crippen molar-refractivity contribution in [2.75, 3.05) is 20.2 Å². The second-order valence-electron chi connectivity index (χ2n) is 4.76. The highest BCUT2D eigenvalue weighted by atomic mass is 35.5. The first-order valence-corrected chi connectivity index (χ1v) is 7.00. The average molecular weight is 305 g/mol. The van der Waals surface area contributed by atoms with Crippen LogP contribution in [0.5, 0.6) is 5.75 Å². The van der Waals surface area contributed by atoms with Crippen LogP contribution < -0.4 is 4.74 Å². The van der Waals surface area contributed by atoms with Crippen molar-refractivity contribution < 1.29 is 9.53 Å². The molecule has 4 nitrogen and oxygen atoms in total. The molecule has 21 heavy (non-hydrogen) atoms. The number of nitrogens with zero attached hydrogens (tertiary/aromatic N) is 2. The molecule has 5 heteroatoms. The second-order valence-corrected chi connectivity index (χ2v) is 5.15. The lowest BCUT2D eigenvalue weighted by Gasteiger charge is -2.17. The highest BCUT2D eigenvalue weighted by molar-refractivity contribution is 6.29. The molecular formula is C16H17ClN2O2. The van der Waals surface area contributed by atoms with E-state index in [9.17, 15) is 4.79 Å². The predicted molar refractivity (Wildman–Crippen MR) is 82.9 cm³/mol. The molecule has 1 heterocycles. The van der Waals surface area contributed by atoms with Crippen LogP contribution in [0.25, 0.3) is 0 Å². The van der Waals surface area contributed by atoms with E-state index in [0.29, 0.717) is 23.9 Å². The van der Waals surface area contributed by atoms with Crippen molar-refractivity contribution in [2.45, 2.75) is 6.92 Å². The van der Waals surface area contributed by atoms with Crippen molar-refractivity contribution in [3.8, 4) is 5.75 Å². The van der Waals surface area contributed by atoms with E-state index in [4.69, 9.17) is 16.3 Å². The Balaban J connectivity index is 1.83. The number of pyridine rings is 1. The Morgan fingerprint density at radius 3 is 2.57 bits per heavy atom. The van der Waals surface area contributed by atoms with Crippen LogP contribution in [0.15, 0.2) is 42.6 Å². The van der Waals surface area contributed by atoms with Gasteiger partial charge in [-0.2, -0.15) is 0 Å². The third-order valence-electron chi connectivity index (χ3n) is 3.04. The maximum atomic E-state index is 12.1. The number of carbonyl (C=O) groups is 1. The first-order chi connectivity index (χ1) is 10.1. The highest BCUT2D eigenvalue weighted by Gasteiger charge is 2.11. The maximum absolute atomic E-state index is 12.1. The molecule has 1 aromatic heterocycles. The number of aromatic nitrogens is 1. The maximum Gasteiger partial charge on any atom is 0.255 e. The summed E-state index contributed by atoms with van der Waals surface area (Å²) in [7, 11) is 1.73. The molecule has 0 atom stereocenters. The summed E-state index contributed by atoms with van der Waals surface area (Å²) in [6, 6.07) is 11.1. The normalized spacial score (nSPS) is 10.2. The number of likely N-dealkylation sites (N-methyl/N-ethyl adjacent to an activating group) is 1. The fraction of sp³-hybridized carbons (Fsp3) is 0.250. The monoisotopic (exact) mass is 304 g/mol. The number of benzene rings is 1. The molecule has 0 aliphatic heterocycles. The van der Waals surface area contributed by atoms with E-state index in [0.717, 1.165) is 5.75 Å². The molecule has 0 fully saturated rings. The van der Waals surface area contributed by atoms with E-state index in [1.165, 1.54) is 11.8 Å². The van der Waals surface area contributed by atoms with Crippen LogP contribution in [-0.2, 0) is 0 Å². The van der Waals surface area contributed by atoms with Gasteiger partial charge < -0.3 is 9.64 Å². The zero-order valence-electron chi connectivity index (χ0n) is 12.0. The molecule has 0 N–H and O–H groups in total. The van der Waals surface area contributed by atoms with E-state index in [-0.39, 0.29) is 5.91 Å². The summed E-state index contributed by atoms with van der Waals surface area (Å²) in [5, 5.41) is 0.372. The van der Waals surface area contributed by atoms with Gasteiger partial charge in [0.05, 0.1) is 12.1 Å². The van der Waals surface area contributed by atoms with Crippen molar-refractivity contribution in [1.82, 2.24) is 9.88 Å². The Morgan fingerprint density at radius 1 is 1.24 bits per heavy atom. The second kappa shape index (κ2) is 7.09. The fourth-order valence-electron chi connectivity index (χ4n) is 1.76. The van der Waals surface area contributed by atoms with Crippen molar-refractivity contribution >= 4 is 17.5 Å². The molecule has 0 radical (unpaired) electrons. The lowest BCUT2D eigenvalue weighted by molar-refractivity contribution is 0.0773. The van der Waals surface area contributed by atoms with Gasteiger partial charge in [-0.25, -0.2) is 4.98 Å². The molecule has 110 valence electrons. The molecule has 2 rings (SSSR count). The van der Waals surface area contributed by atoms with Crippen molar-refractivity contribution in [3.63, 3.8) is 0 Å². The number of halogens is 1. The van der Waals surface area contributed by atoms with Crippen LogP contribution >= 0.6 is 11.6 Å². The van der Waals surface area contributed by atoms with Gasteiger partial charge in [-0.05, 0) is 31.2 Å². The summed E-state index contributed by atoms with van der Waals surface area (Å²) >= 11 is 5.70. The lowest BCUT2D eigenvalue weighted by Crippen LogP contribution is -2.30. The fourth-order valence-corrected chi connectivity index (χ4v) is 1.87. The summed E-state index contributed by atoms with van der Waals surface area (Å²) in [6.07, 6.45) is 1.47. The quantitative estimate of drug-likeness (QED) is 0.797. The topological polar surface area (TPSA) is 42.4 Å². The minimum absolute atomic E-state index is 0.105. The van der Waals surface area contributed by atoms with Gasteiger partial charge in [0.1, 0.15) is 17.5 Å². The van der Waals surface area contributed by atoms with E-state index in [1.54, 1.807) is 24.1 Å². The zero-order valence-corrected chi connectivity index (χ0v) is 12.8. The molecule has 0 aliphatic rings. The third-order valence-corrected chi connectivity index (χ3v) is 3.26. The largest absolute Gasteiger partial charge is 0.492 e. The van der Waals surface area contributed by atoms with E-state index < -0.39 is 0 Å². The van der Waals surface area contributed by atoms with Crippen LogP contribution in [0.1, 0.15) is 15.9 Å². The standard InChI is InChI=1S/C16H17ClN2O2/c1-12-3-6-14(7-4-12)21-10-9-19(2)16(20)13-5-8-15(17)18-11-13/h3-8,11H,9-10H2,1-2H3. The zero-order chi connectivity index (χ0) is 15.2. The van der Waals surface area contributed by atoms with Crippen molar-refractivity contribution in [3.05, 3.63) is 58.9 Å². The predicted octanol–water partition coefficient (Wildman–Crippen LogP) is 3.19. The number of ether oxygens (including phenoxy) is 1. The van der Waals surface area contributed by atoms with Gasteiger partial charge in [0, 0.05) is 13.2 Å². The summed E-state index contributed by atoms with van der Waals surface area (Å²) in [6.45, 7) is 2.96. The van der Waals surface area contributed by atoms with Gasteiger partial charge in [-0.15, -0.1) is 0 Å². The highest BCUT2D eigenvalue weighted by Crippen LogP contribution is 2.11. The molecule has 1 aromatic carbocycles. The Labute approximate surface area is 129 Å².